The molecule has 8 heteroatoms. The molecule has 0 aliphatic carbocycles. The van der Waals surface area contributed by atoms with Crippen molar-refractivity contribution in [1.82, 2.24) is 24.6 Å². The molecule has 0 N–H and O–H groups in total. The molecule has 166 valence electrons. The lowest BCUT2D eigenvalue weighted by atomic mass is 10.1. The van der Waals surface area contributed by atoms with Gasteiger partial charge in [-0.1, -0.05) is 0 Å². The van der Waals surface area contributed by atoms with E-state index in [1.165, 1.54) is 16.3 Å². The van der Waals surface area contributed by atoms with Crippen LogP contribution in [0, 0.1) is 0 Å². The Bertz CT molecular complexity index is 1110. The fraction of sp³-hybridized carbons (Fsp3) is 0.333. The molecule has 0 saturated carbocycles. The number of benzene rings is 1. The number of pyridine rings is 1. The van der Waals surface area contributed by atoms with Crippen LogP contribution in [-0.2, 0) is 11.3 Å². The van der Waals surface area contributed by atoms with Crippen molar-refractivity contribution in [2.24, 2.45) is 0 Å². The molecule has 1 aliphatic rings. The highest BCUT2D eigenvalue weighted by Crippen LogP contribution is 2.20. The summed E-state index contributed by atoms with van der Waals surface area (Å²) in [5.41, 5.74) is 2.40. The van der Waals surface area contributed by atoms with Crippen LogP contribution in [0.3, 0.4) is 0 Å². The molecule has 32 heavy (non-hydrogen) atoms. The van der Waals surface area contributed by atoms with E-state index in [1.807, 2.05) is 41.3 Å². The average Bonchev–Trinajstić information content (AvgIpc) is 2.85. The highest BCUT2D eigenvalue weighted by molar-refractivity contribution is 5.80. The maximum Gasteiger partial charge on any atom is 0.267 e. The van der Waals surface area contributed by atoms with Gasteiger partial charge >= 0.3 is 0 Å². The van der Waals surface area contributed by atoms with Gasteiger partial charge in [-0.05, 0) is 55.0 Å². The number of carbonyl (C=O) groups excluding carboxylic acids is 1. The van der Waals surface area contributed by atoms with Gasteiger partial charge in [0.25, 0.3) is 5.56 Å². The predicted molar refractivity (Wildman–Crippen MR) is 121 cm³/mol. The summed E-state index contributed by atoms with van der Waals surface area (Å²) in [6, 6.07) is 13.9. The number of aromatic nitrogens is 3. The molecule has 8 nitrogen and oxygen atoms in total. The highest BCUT2D eigenvalue weighted by Gasteiger charge is 2.27. The van der Waals surface area contributed by atoms with E-state index in [9.17, 15) is 9.59 Å². The van der Waals surface area contributed by atoms with Crippen molar-refractivity contribution in [2.75, 3.05) is 33.3 Å². The SMILES string of the molecule is COc1ccc(-c2ccc(=O)n(C(C)C(=O)N3CCN(Cc4ccncc4)CC3)n2)cc1. The lowest BCUT2D eigenvalue weighted by molar-refractivity contribution is -0.136. The zero-order valence-electron chi connectivity index (χ0n) is 18.3. The van der Waals surface area contributed by atoms with Gasteiger partial charge in [-0.25, -0.2) is 4.68 Å². The third kappa shape index (κ3) is 4.86. The van der Waals surface area contributed by atoms with Gasteiger partial charge in [-0.15, -0.1) is 0 Å². The van der Waals surface area contributed by atoms with Gasteiger partial charge in [0.15, 0.2) is 0 Å². The number of carbonyl (C=O) groups is 1. The number of methoxy groups -OCH3 is 1. The lowest BCUT2D eigenvalue weighted by Crippen LogP contribution is -2.50. The van der Waals surface area contributed by atoms with Gasteiger partial charge in [-0.2, -0.15) is 5.10 Å². The second kappa shape index (κ2) is 9.74. The number of piperazine rings is 1. The fourth-order valence-corrected chi connectivity index (χ4v) is 3.86. The summed E-state index contributed by atoms with van der Waals surface area (Å²) in [6.07, 6.45) is 3.59. The molecule has 1 aliphatic heterocycles. The standard InChI is InChI=1S/C24H27N5O3/c1-18(24(31)28-15-13-27(14-16-28)17-19-9-11-25-12-10-19)29-23(30)8-7-22(26-29)20-3-5-21(32-2)6-4-20/h3-12,18H,13-17H2,1-2H3. The van der Waals surface area contributed by atoms with Crippen molar-refractivity contribution in [3.05, 3.63) is 76.8 Å². The van der Waals surface area contributed by atoms with Gasteiger partial charge in [-0.3, -0.25) is 19.5 Å². The van der Waals surface area contributed by atoms with Crippen molar-refractivity contribution in [3.63, 3.8) is 0 Å². The zero-order chi connectivity index (χ0) is 22.5. The van der Waals surface area contributed by atoms with Crippen LogP contribution in [-0.4, -0.2) is 63.8 Å². The minimum absolute atomic E-state index is 0.0879. The number of amides is 1. The van der Waals surface area contributed by atoms with Crippen LogP contribution in [0.25, 0.3) is 11.3 Å². The van der Waals surface area contributed by atoms with E-state index in [0.717, 1.165) is 30.9 Å². The van der Waals surface area contributed by atoms with Crippen LogP contribution >= 0.6 is 0 Å². The first kappa shape index (κ1) is 21.7. The van der Waals surface area contributed by atoms with Gasteiger partial charge < -0.3 is 9.64 Å². The molecule has 1 unspecified atom stereocenters. The van der Waals surface area contributed by atoms with Crippen molar-refractivity contribution >= 4 is 5.91 Å². The molecule has 1 amide bonds. The number of ether oxygens (including phenoxy) is 1. The minimum Gasteiger partial charge on any atom is -0.497 e. The fourth-order valence-electron chi connectivity index (χ4n) is 3.86. The number of hydrogen-bond donors (Lipinski definition) is 0. The second-order valence-electron chi connectivity index (χ2n) is 7.86. The van der Waals surface area contributed by atoms with Crippen LogP contribution in [0.1, 0.15) is 18.5 Å². The molecule has 0 bridgehead atoms. The Morgan fingerprint density at radius 3 is 2.34 bits per heavy atom. The summed E-state index contributed by atoms with van der Waals surface area (Å²) in [7, 11) is 1.61. The van der Waals surface area contributed by atoms with Gasteiger partial charge in [0.05, 0.1) is 12.8 Å². The number of rotatable bonds is 6. The number of nitrogens with zero attached hydrogens (tertiary/aromatic N) is 5. The van der Waals surface area contributed by atoms with Gasteiger partial charge in [0, 0.05) is 56.7 Å². The molecule has 1 atom stereocenters. The summed E-state index contributed by atoms with van der Waals surface area (Å²) >= 11 is 0. The zero-order valence-corrected chi connectivity index (χ0v) is 18.3. The maximum absolute atomic E-state index is 13.1. The van der Waals surface area contributed by atoms with E-state index in [-0.39, 0.29) is 11.5 Å². The van der Waals surface area contributed by atoms with Crippen molar-refractivity contribution in [1.29, 1.82) is 0 Å². The van der Waals surface area contributed by atoms with Crippen LogP contribution in [0.2, 0.25) is 0 Å². The van der Waals surface area contributed by atoms with Crippen molar-refractivity contribution < 1.29 is 9.53 Å². The monoisotopic (exact) mass is 433 g/mol. The molecular weight excluding hydrogens is 406 g/mol. The van der Waals surface area contributed by atoms with E-state index in [2.05, 4.69) is 15.0 Å². The molecule has 0 spiro atoms. The molecule has 1 fully saturated rings. The molecule has 2 aromatic heterocycles. The highest BCUT2D eigenvalue weighted by atomic mass is 16.5. The molecule has 3 aromatic rings. The molecule has 0 radical (unpaired) electrons. The van der Waals surface area contributed by atoms with Gasteiger partial charge in [0.2, 0.25) is 5.91 Å². The first-order chi connectivity index (χ1) is 15.5. The molecule has 1 aromatic carbocycles. The van der Waals surface area contributed by atoms with Crippen LogP contribution in [0.15, 0.2) is 65.7 Å². The predicted octanol–water partition coefficient (Wildman–Crippen LogP) is 2.22. The Hall–Kier alpha value is -3.52. The third-order valence-electron chi connectivity index (χ3n) is 5.77. The maximum atomic E-state index is 13.1. The molecule has 3 heterocycles. The van der Waals surface area contributed by atoms with Gasteiger partial charge in [0.1, 0.15) is 11.8 Å². The van der Waals surface area contributed by atoms with Crippen LogP contribution in [0.4, 0.5) is 0 Å². The lowest BCUT2D eigenvalue weighted by Gasteiger charge is -2.36. The number of hydrogen-bond acceptors (Lipinski definition) is 6. The Morgan fingerprint density at radius 1 is 1.00 bits per heavy atom. The normalized spacial score (nSPS) is 15.4. The minimum atomic E-state index is -0.674. The second-order valence-corrected chi connectivity index (χ2v) is 7.86. The summed E-state index contributed by atoms with van der Waals surface area (Å²) in [4.78, 5) is 33.8. The van der Waals surface area contributed by atoms with E-state index in [4.69, 9.17) is 4.74 Å². The smallest absolute Gasteiger partial charge is 0.267 e. The van der Waals surface area contributed by atoms with Crippen molar-refractivity contribution in [2.45, 2.75) is 19.5 Å². The van der Waals surface area contributed by atoms with Crippen LogP contribution < -0.4 is 10.3 Å². The third-order valence-corrected chi connectivity index (χ3v) is 5.77. The van der Waals surface area contributed by atoms with E-state index in [1.54, 1.807) is 32.5 Å². The first-order valence-corrected chi connectivity index (χ1v) is 10.7. The van der Waals surface area contributed by atoms with E-state index >= 15 is 0 Å². The summed E-state index contributed by atoms with van der Waals surface area (Å²) in [5, 5.41) is 4.48. The van der Waals surface area contributed by atoms with Crippen molar-refractivity contribution in [3.8, 4) is 17.0 Å². The van der Waals surface area contributed by atoms with Crippen LogP contribution in [0.5, 0.6) is 5.75 Å². The molecular formula is C24H27N5O3. The Balaban J connectivity index is 1.43. The molecule has 4 rings (SSSR count). The summed E-state index contributed by atoms with van der Waals surface area (Å²) in [6.45, 7) is 5.40. The Kier molecular flexibility index (Phi) is 6.61. The van der Waals surface area contributed by atoms with E-state index < -0.39 is 6.04 Å². The summed E-state index contributed by atoms with van der Waals surface area (Å²) in [5.74, 6) is 0.656. The Labute approximate surface area is 187 Å². The Morgan fingerprint density at radius 2 is 1.69 bits per heavy atom. The quantitative estimate of drug-likeness (QED) is 0.593. The first-order valence-electron chi connectivity index (χ1n) is 10.7. The van der Waals surface area contributed by atoms with E-state index in [0.29, 0.717) is 18.8 Å². The average molecular weight is 434 g/mol. The largest absolute Gasteiger partial charge is 0.497 e. The summed E-state index contributed by atoms with van der Waals surface area (Å²) < 4.78 is 6.48. The molecule has 1 saturated heterocycles. The topological polar surface area (TPSA) is 80.6 Å².